The maximum absolute atomic E-state index is 10.5. The normalized spacial score (nSPS) is 15.9. The summed E-state index contributed by atoms with van der Waals surface area (Å²) in [6, 6.07) is 0. The van der Waals surface area contributed by atoms with E-state index in [2.05, 4.69) is 0 Å². The molecule has 2 unspecified atom stereocenters. The average molecular weight is 159 g/mol. The Labute approximate surface area is 67.6 Å². The van der Waals surface area contributed by atoms with E-state index in [0.29, 0.717) is 6.54 Å². The molecule has 0 radical (unpaired) electrons. The van der Waals surface area contributed by atoms with Crippen molar-refractivity contribution in [2.45, 2.75) is 26.7 Å². The molecule has 0 amide bonds. The van der Waals surface area contributed by atoms with E-state index in [1.807, 2.05) is 6.92 Å². The van der Waals surface area contributed by atoms with Crippen molar-refractivity contribution in [3.8, 4) is 0 Å². The molecule has 11 heavy (non-hydrogen) atoms. The van der Waals surface area contributed by atoms with E-state index < -0.39 is 5.97 Å². The lowest BCUT2D eigenvalue weighted by molar-refractivity contribution is -0.142. The Kier molecular flexibility index (Phi) is 4.86. The van der Waals surface area contributed by atoms with Gasteiger partial charge in [0.25, 0.3) is 0 Å². The number of aliphatic carboxylic acids is 1. The fourth-order valence-electron chi connectivity index (χ4n) is 1.14. The molecule has 0 heterocycles. The molecule has 2 atom stereocenters. The van der Waals surface area contributed by atoms with Crippen molar-refractivity contribution in [2.75, 3.05) is 6.54 Å². The SMILES string of the molecule is CCCC(CN)C(C)C(=O)O. The van der Waals surface area contributed by atoms with Crippen LogP contribution in [0.25, 0.3) is 0 Å². The van der Waals surface area contributed by atoms with E-state index in [1.165, 1.54) is 0 Å². The van der Waals surface area contributed by atoms with Gasteiger partial charge in [-0.2, -0.15) is 0 Å². The Bertz CT molecular complexity index is 125. The first-order chi connectivity index (χ1) is 5.13. The highest BCUT2D eigenvalue weighted by Gasteiger charge is 2.20. The predicted molar refractivity (Wildman–Crippen MR) is 44.3 cm³/mol. The van der Waals surface area contributed by atoms with Gasteiger partial charge in [-0.25, -0.2) is 0 Å². The molecule has 0 spiro atoms. The summed E-state index contributed by atoms with van der Waals surface area (Å²) < 4.78 is 0. The third kappa shape index (κ3) is 3.37. The molecule has 0 aliphatic heterocycles. The molecule has 0 aliphatic rings. The van der Waals surface area contributed by atoms with Crippen molar-refractivity contribution >= 4 is 5.97 Å². The largest absolute Gasteiger partial charge is 0.481 e. The third-order valence-corrected chi connectivity index (χ3v) is 2.06. The molecule has 66 valence electrons. The molecule has 0 rings (SSSR count). The van der Waals surface area contributed by atoms with Crippen LogP contribution < -0.4 is 5.73 Å². The quantitative estimate of drug-likeness (QED) is 0.631. The van der Waals surface area contributed by atoms with Gasteiger partial charge in [0.15, 0.2) is 0 Å². The van der Waals surface area contributed by atoms with Crippen LogP contribution in [0.3, 0.4) is 0 Å². The first-order valence-electron chi connectivity index (χ1n) is 4.06. The summed E-state index contributed by atoms with van der Waals surface area (Å²) in [5.74, 6) is -0.911. The molecular weight excluding hydrogens is 142 g/mol. The minimum absolute atomic E-state index is 0.137. The lowest BCUT2D eigenvalue weighted by Gasteiger charge is -2.17. The fraction of sp³-hybridized carbons (Fsp3) is 0.875. The standard InChI is InChI=1S/C8H17NO2/c1-3-4-7(5-9)6(2)8(10)11/h6-7H,3-5,9H2,1-2H3,(H,10,11). The zero-order chi connectivity index (χ0) is 8.85. The van der Waals surface area contributed by atoms with Gasteiger partial charge >= 0.3 is 5.97 Å². The van der Waals surface area contributed by atoms with Crippen molar-refractivity contribution < 1.29 is 9.90 Å². The van der Waals surface area contributed by atoms with Crippen molar-refractivity contribution in [1.29, 1.82) is 0 Å². The summed E-state index contributed by atoms with van der Waals surface area (Å²) in [7, 11) is 0. The number of hydrogen-bond acceptors (Lipinski definition) is 2. The van der Waals surface area contributed by atoms with E-state index >= 15 is 0 Å². The fourth-order valence-corrected chi connectivity index (χ4v) is 1.14. The predicted octanol–water partition coefficient (Wildman–Crippen LogP) is 1.08. The molecule has 0 aliphatic carbocycles. The van der Waals surface area contributed by atoms with Crippen LogP contribution in [0.2, 0.25) is 0 Å². The van der Waals surface area contributed by atoms with Crippen LogP contribution in [0.1, 0.15) is 26.7 Å². The summed E-state index contributed by atoms with van der Waals surface area (Å²) in [6.07, 6.45) is 1.91. The highest BCUT2D eigenvalue weighted by molar-refractivity contribution is 5.69. The highest BCUT2D eigenvalue weighted by atomic mass is 16.4. The number of rotatable bonds is 5. The maximum atomic E-state index is 10.5. The van der Waals surface area contributed by atoms with Gasteiger partial charge in [0.05, 0.1) is 5.92 Å². The number of carboxylic acid groups (broad SMARTS) is 1. The summed E-state index contributed by atoms with van der Waals surface area (Å²) in [4.78, 5) is 10.5. The van der Waals surface area contributed by atoms with E-state index in [9.17, 15) is 4.79 Å². The first-order valence-corrected chi connectivity index (χ1v) is 4.06. The molecule has 3 N–H and O–H groups in total. The molecule has 0 aromatic carbocycles. The summed E-state index contributed by atoms with van der Waals surface area (Å²) in [6.45, 7) is 4.23. The van der Waals surface area contributed by atoms with Crippen LogP contribution in [0.15, 0.2) is 0 Å². The average Bonchev–Trinajstić information content (AvgIpc) is 1.98. The minimum Gasteiger partial charge on any atom is -0.481 e. The Morgan fingerprint density at radius 2 is 2.18 bits per heavy atom. The van der Waals surface area contributed by atoms with Gasteiger partial charge in [-0.15, -0.1) is 0 Å². The van der Waals surface area contributed by atoms with Gasteiger partial charge in [0, 0.05) is 0 Å². The summed E-state index contributed by atoms with van der Waals surface area (Å²) in [5, 5.41) is 8.65. The second kappa shape index (κ2) is 5.13. The molecule has 0 aromatic rings. The van der Waals surface area contributed by atoms with Crippen LogP contribution in [0.5, 0.6) is 0 Å². The van der Waals surface area contributed by atoms with E-state index in [4.69, 9.17) is 10.8 Å². The van der Waals surface area contributed by atoms with Gasteiger partial charge in [0.1, 0.15) is 0 Å². The smallest absolute Gasteiger partial charge is 0.306 e. The molecule has 0 fully saturated rings. The van der Waals surface area contributed by atoms with Gasteiger partial charge in [0.2, 0.25) is 0 Å². The monoisotopic (exact) mass is 159 g/mol. The number of carboxylic acids is 1. The van der Waals surface area contributed by atoms with Crippen LogP contribution in [-0.4, -0.2) is 17.6 Å². The second-order valence-electron chi connectivity index (χ2n) is 2.91. The Hall–Kier alpha value is -0.570. The Balaban J connectivity index is 3.91. The first kappa shape index (κ1) is 10.4. The molecular formula is C8H17NO2. The number of carbonyl (C=O) groups is 1. The van der Waals surface area contributed by atoms with Gasteiger partial charge in [-0.1, -0.05) is 20.3 Å². The lowest BCUT2D eigenvalue weighted by atomic mass is 9.90. The van der Waals surface area contributed by atoms with Gasteiger partial charge in [-0.3, -0.25) is 4.79 Å². The van der Waals surface area contributed by atoms with E-state index in [1.54, 1.807) is 6.92 Å². The van der Waals surface area contributed by atoms with Crippen molar-refractivity contribution in [3.63, 3.8) is 0 Å². The second-order valence-corrected chi connectivity index (χ2v) is 2.91. The van der Waals surface area contributed by atoms with E-state index in [-0.39, 0.29) is 11.8 Å². The zero-order valence-electron chi connectivity index (χ0n) is 7.21. The van der Waals surface area contributed by atoms with Gasteiger partial charge in [-0.05, 0) is 18.9 Å². The molecule has 3 nitrogen and oxygen atoms in total. The van der Waals surface area contributed by atoms with Gasteiger partial charge < -0.3 is 10.8 Å². The molecule has 0 bridgehead atoms. The number of hydrogen-bond donors (Lipinski definition) is 2. The molecule has 3 heteroatoms. The van der Waals surface area contributed by atoms with Crippen LogP contribution in [-0.2, 0) is 4.79 Å². The summed E-state index contributed by atoms with van der Waals surface area (Å²) >= 11 is 0. The Morgan fingerprint density at radius 3 is 2.45 bits per heavy atom. The minimum atomic E-state index is -0.742. The van der Waals surface area contributed by atoms with Crippen LogP contribution in [0.4, 0.5) is 0 Å². The lowest BCUT2D eigenvalue weighted by Crippen LogP contribution is -2.27. The topological polar surface area (TPSA) is 63.3 Å². The van der Waals surface area contributed by atoms with Crippen molar-refractivity contribution in [3.05, 3.63) is 0 Å². The van der Waals surface area contributed by atoms with Crippen LogP contribution >= 0.6 is 0 Å². The van der Waals surface area contributed by atoms with Crippen LogP contribution in [0, 0.1) is 11.8 Å². The van der Waals surface area contributed by atoms with Crippen molar-refractivity contribution in [2.24, 2.45) is 17.6 Å². The highest BCUT2D eigenvalue weighted by Crippen LogP contribution is 2.15. The van der Waals surface area contributed by atoms with Crippen molar-refractivity contribution in [1.82, 2.24) is 0 Å². The number of nitrogens with two attached hydrogens (primary N) is 1. The zero-order valence-corrected chi connectivity index (χ0v) is 7.21. The van der Waals surface area contributed by atoms with E-state index in [0.717, 1.165) is 12.8 Å². The Morgan fingerprint density at radius 1 is 1.64 bits per heavy atom. The summed E-state index contributed by atoms with van der Waals surface area (Å²) in [5.41, 5.74) is 5.43. The molecule has 0 saturated carbocycles. The maximum Gasteiger partial charge on any atom is 0.306 e. The molecule has 0 aromatic heterocycles. The third-order valence-electron chi connectivity index (χ3n) is 2.06. The molecule has 0 saturated heterocycles.